The second-order valence-electron chi connectivity index (χ2n) is 13.5. The van der Waals surface area contributed by atoms with Gasteiger partial charge in [-0.05, 0) is 34.6 Å². The number of anilines is 1. The minimum atomic E-state index is -0.958. The summed E-state index contributed by atoms with van der Waals surface area (Å²) in [5, 5.41) is 23.8. The molecule has 1 fully saturated rings. The van der Waals surface area contributed by atoms with Crippen molar-refractivity contribution < 1.29 is 14.6 Å². The highest BCUT2D eigenvalue weighted by Crippen LogP contribution is 2.43. The van der Waals surface area contributed by atoms with Crippen molar-refractivity contribution in [3.05, 3.63) is 126 Å². The van der Waals surface area contributed by atoms with Crippen LogP contribution in [0.3, 0.4) is 0 Å². The predicted octanol–water partition coefficient (Wildman–Crippen LogP) is 7.40. The Labute approximate surface area is 281 Å². The van der Waals surface area contributed by atoms with Crippen LogP contribution in [0.15, 0.2) is 110 Å². The Kier molecular flexibility index (Phi) is 9.47. The molecule has 0 radical (unpaired) electrons. The van der Waals surface area contributed by atoms with Gasteiger partial charge < -0.3 is 24.6 Å². The molecule has 3 heterocycles. The van der Waals surface area contributed by atoms with Crippen molar-refractivity contribution in [2.24, 2.45) is 11.3 Å². The van der Waals surface area contributed by atoms with Crippen molar-refractivity contribution in [3.63, 3.8) is 0 Å². The first kappa shape index (κ1) is 32.7. The third-order valence-electron chi connectivity index (χ3n) is 9.37. The van der Waals surface area contributed by atoms with E-state index >= 15 is 0 Å². The average Bonchev–Trinajstić information content (AvgIpc) is 3.53. The van der Waals surface area contributed by atoms with Crippen LogP contribution in [0.5, 0.6) is 0 Å². The summed E-state index contributed by atoms with van der Waals surface area (Å²) in [6.45, 7) is 7.20. The highest BCUT2D eigenvalue weighted by Gasteiger charge is 2.45. The lowest BCUT2D eigenvalue weighted by atomic mass is 9.73. The smallest absolute Gasteiger partial charge is 0.407 e. The lowest BCUT2D eigenvalue weighted by molar-refractivity contribution is -0.0190. The normalized spacial score (nSPS) is 18.4. The van der Waals surface area contributed by atoms with E-state index in [1.807, 2.05) is 24.3 Å². The van der Waals surface area contributed by atoms with Crippen LogP contribution in [0.4, 0.5) is 10.6 Å². The minimum absolute atomic E-state index is 0.0742. The molecule has 0 aliphatic carbocycles. The van der Waals surface area contributed by atoms with E-state index in [-0.39, 0.29) is 23.4 Å². The van der Waals surface area contributed by atoms with Crippen LogP contribution in [0.1, 0.15) is 50.3 Å². The van der Waals surface area contributed by atoms with Gasteiger partial charge in [-0.2, -0.15) is 5.26 Å². The number of rotatable bonds is 10. The number of hydrogen-bond donors (Lipinski definition) is 2. The first-order chi connectivity index (χ1) is 23.2. The third-order valence-corrected chi connectivity index (χ3v) is 9.37. The number of nitriles is 1. The van der Waals surface area contributed by atoms with Gasteiger partial charge in [0.1, 0.15) is 23.3 Å². The molecule has 9 heteroatoms. The Bertz CT molecular complexity index is 1770. The first-order valence-electron chi connectivity index (χ1n) is 16.4. The number of carbonyl (C=O) groups is 1. The number of benzene rings is 3. The van der Waals surface area contributed by atoms with Crippen LogP contribution in [-0.4, -0.2) is 62.5 Å². The van der Waals surface area contributed by atoms with Crippen LogP contribution < -0.4 is 5.32 Å². The van der Waals surface area contributed by atoms with E-state index in [0.29, 0.717) is 38.4 Å². The molecule has 2 aromatic heterocycles. The van der Waals surface area contributed by atoms with Gasteiger partial charge in [-0.25, -0.2) is 14.8 Å². The van der Waals surface area contributed by atoms with E-state index in [2.05, 4.69) is 116 Å². The third kappa shape index (κ3) is 6.24. The summed E-state index contributed by atoms with van der Waals surface area (Å²) in [5.74, 6) is 0.574. The summed E-state index contributed by atoms with van der Waals surface area (Å²) in [7, 11) is 0. The fourth-order valence-electron chi connectivity index (χ4n) is 7.65. The van der Waals surface area contributed by atoms with Gasteiger partial charge >= 0.3 is 6.09 Å². The highest BCUT2D eigenvalue weighted by atomic mass is 16.5. The van der Waals surface area contributed by atoms with Crippen LogP contribution in [0.25, 0.3) is 11.0 Å². The SMILES string of the molecule is CC(C)(C)C1[C@H](COCCC#N)C[C@H](Nc2ncnc3c2ccn3C(c2ccccc2)(c2ccccc2)c2ccccc2)CN1C(=O)O. The molecule has 1 aliphatic rings. The maximum absolute atomic E-state index is 12.6. The van der Waals surface area contributed by atoms with Crippen LogP contribution in [0.2, 0.25) is 0 Å². The predicted molar refractivity (Wildman–Crippen MR) is 187 cm³/mol. The molecule has 1 amide bonds. The maximum Gasteiger partial charge on any atom is 0.407 e. The van der Waals surface area contributed by atoms with Gasteiger partial charge in [0.25, 0.3) is 0 Å². The molecule has 6 rings (SSSR count). The molecule has 0 spiro atoms. The van der Waals surface area contributed by atoms with Gasteiger partial charge in [0, 0.05) is 30.7 Å². The van der Waals surface area contributed by atoms with E-state index < -0.39 is 11.6 Å². The van der Waals surface area contributed by atoms with Gasteiger partial charge in [0.05, 0.1) is 31.1 Å². The number of likely N-dealkylation sites (tertiary alicyclic amines) is 1. The maximum atomic E-state index is 12.6. The molecule has 1 aliphatic heterocycles. The van der Waals surface area contributed by atoms with Gasteiger partial charge in [-0.3, -0.25) is 0 Å². The summed E-state index contributed by atoms with van der Waals surface area (Å²) in [5.41, 5.74) is 2.97. The second-order valence-corrected chi connectivity index (χ2v) is 13.5. The molecule has 2 N–H and O–H groups in total. The molecule has 3 atom stereocenters. The molecule has 5 aromatic rings. The average molecular weight is 643 g/mol. The van der Waals surface area contributed by atoms with Crippen molar-refractivity contribution >= 4 is 22.9 Å². The Hall–Kier alpha value is -5.20. The lowest BCUT2D eigenvalue weighted by Crippen LogP contribution is -2.60. The Morgan fingerprint density at radius 1 is 0.938 bits per heavy atom. The molecule has 3 aromatic carbocycles. The van der Waals surface area contributed by atoms with E-state index in [1.54, 1.807) is 11.2 Å². The number of fused-ring (bicyclic) bond motifs is 1. The van der Waals surface area contributed by atoms with Crippen LogP contribution in [-0.2, 0) is 10.3 Å². The number of piperidine rings is 1. The minimum Gasteiger partial charge on any atom is -0.465 e. The van der Waals surface area contributed by atoms with Gasteiger partial charge in [0.2, 0.25) is 0 Å². The quantitative estimate of drug-likeness (QED) is 0.120. The Balaban J connectivity index is 1.43. The topological polar surface area (TPSA) is 116 Å². The summed E-state index contributed by atoms with van der Waals surface area (Å²) >= 11 is 0. The van der Waals surface area contributed by atoms with E-state index in [4.69, 9.17) is 20.0 Å². The van der Waals surface area contributed by atoms with Crippen molar-refractivity contribution in [3.8, 4) is 6.07 Å². The largest absolute Gasteiger partial charge is 0.465 e. The first-order valence-corrected chi connectivity index (χ1v) is 16.4. The number of amides is 1. The van der Waals surface area contributed by atoms with Crippen molar-refractivity contribution in [2.75, 3.05) is 25.1 Å². The number of carboxylic acid groups (broad SMARTS) is 1. The number of nitrogens with one attached hydrogen (secondary N) is 1. The lowest BCUT2D eigenvalue weighted by Gasteiger charge is -2.49. The number of aromatic nitrogens is 3. The molecule has 9 nitrogen and oxygen atoms in total. The van der Waals surface area contributed by atoms with Crippen LogP contribution >= 0.6 is 0 Å². The molecule has 0 bridgehead atoms. The summed E-state index contributed by atoms with van der Waals surface area (Å²) in [4.78, 5) is 23.8. The molecule has 1 unspecified atom stereocenters. The molecule has 0 saturated carbocycles. The van der Waals surface area contributed by atoms with Crippen molar-refractivity contribution in [1.82, 2.24) is 19.4 Å². The molecule has 1 saturated heterocycles. The van der Waals surface area contributed by atoms with E-state index in [1.165, 1.54) is 0 Å². The fourth-order valence-corrected chi connectivity index (χ4v) is 7.65. The van der Waals surface area contributed by atoms with Gasteiger partial charge in [0.15, 0.2) is 0 Å². The molecule has 48 heavy (non-hydrogen) atoms. The Morgan fingerprint density at radius 3 is 2.04 bits per heavy atom. The van der Waals surface area contributed by atoms with E-state index in [9.17, 15) is 9.90 Å². The number of nitrogens with zero attached hydrogens (tertiary/aromatic N) is 5. The second kappa shape index (κ2) is 13.9. The summed E-state index contributed by atoms with van der Waals surface area (Å²) < 4.78 is 8.13. The van der Waals surface area contributed by atoms with E-state index in [0.717, 1.165) is 27.7 Å². The van der Waals surface area contributed by atoms with Crippen LogP contribution in [0, 0.1) is 22.7 Å². The van der Waals surface area contributed by atoms with Gasteiger partial charge in [-0.1, -0.05) is 112 Å². The number of ether oxygens (including phenoxy) is 1. The molecular formula is C39H42N6O3. The summed E-state index contributed by atoms with van der Waals surface area (Å²) in [6, 6.07) is 35.1. The zero-order chi connectivity index (χ0) is 33.7. The van der Waals surface area contributed by atoms with Crippen molar-refractivity contribution in [1.29, 1.82) is 5.26 Å². The monoisotopic (exact) mass is 642 g/mol. The zero-order valence-corrected chi connectivity index (χ0v) is 27.7. The molecule has 246 valence electrons. The standard InChI is InChI=1S/C39H42N6O3/c1-38(2,3)34-28(26-48-23-13-21-40)24-32(25-44(34)37(46)47)43-35-33-20-22-45(36(33)42-27-41-35)39(29-14-7-4-8-15-29,30-16-9-5-10-17-30)31-18-11-6-12-19-31/h4-12,14-20,22,27-28,32,34H,13,23-26H2,1-3H3,(H,46,47)(H,41,42,43)/t28-,32-,34?/m0/s1. The highest BCUT2D eigenvalue weighted by molar-refractivity contribution is 5.88. The van der Waals surface area contributed by atoms with Crippen molar-refractivity contribution in [2.45, 2.75) is 51.2 Å². The zero-order valence-electron chi connectivity index (χ0n) is 27.7. The molecular weight excluding hydrogens is 600 g/mol. The van der Waals surface area contributed by atoms with Gasteiger partial charge in [-0.15, -0.1) is 0 Å². The number of hydrogen-bond acceptors (Lipinski definition) is 6. The summed E-state index contributed by atoms with van der Waals surface area (Å²) in [6.07, 6.45) is 3.67. The Morgan fingerprint density at radius 2 is 1.52 bits per heavy atom. The fraction of sp³-hybridized carbons (Fsp3) is 0.333.